The SMILES string of the molecule is CC(C)CCN1CC(F)CC1Cn1cc(C(N)=O)nn1. The van der Waals surface area contributed by atoms with Crippen LogP contribution in [0.25, 0.3) is 0 Å². The topological polar surface area (TPSA) is 77.0 Å². The molecule has 0 spiro atoms. The second-order valence-electron chi connectivity index (χ2n) is 5.85. The zero-order valence-electron chi connectivity index (χ0n) is 12.0. The van der Waals surface area contributed by atoms with Crippen LogP contribution < -0.4 is 5.73 Å². The van der Waals surface area contributed by atoms with Gasteiger partial charge >= 0.3 is 0 Å². The van der Waals surface area contributed by atoms with Crippen molar-refractivity contribution in [1.29, 1.82) is 0 Å². The largest absolute Gasteiger partial charge is 0.364 e. The van der Waals surface area contributed by atoms with Gasteiger partial charge in [0.15, 0.2) is 5.69 Å². The minimum absolute atomic E-state index is 0.103. The lowest BCUT2D eigenvalue weighted by atomic mass is 10.1. The van der Waals surface area contributed by atoms with Crippen LogP contribution in [0.4, 0.5) is 4.39 Å². The van der Waals surface area contributed by atoms with E-state index in [0.29, 0.717) is 25.4 Å². The van der Waals surface area contributed by atoms with Crippen LogP contribution in [0.2, 0.25) is 0 Å². The summed E-state index contributed by atoms with van der Waals surface area (Å²) in [5.41, 5.74) is 5.29. The number of carbonyl (C=O) groups is 1. The van der Waals surface area contributed by atoms with Crippen LogP contribution in [0.15, 0.2) is 6.20 Å². The van der Waals surface area contributed by atoms with Gasteiger partial charge in [0.1, 0.15) is 6.17 Å². The van der Waals surface area contributed by atoms with Crippen molar-refractivity contribution in [1.82, 2.24) is 19.9 Å². The molecule has 2 unspecified atom stereocenters. The molecule has 2 atom stereocenters. The van der Waals surface area contributed by atoms with Crippen LogP contribution in [0.3, 0.4) is 0 Å². The standard InChI is InChI=1S/C13H22FN5O/c1-9(2)3-4-18-6-10(14)5-11(18)7-19-8-12(13(15)20)16-17-19/h8-11H,3-7H2,1-2H3,(H2,15,20). The maximum absolute atomic E-state index is 13.6. The first-order valence-corrected chi connectivity index (χ1v) is 7.03. The predicted octanol–water partition coefficient (Wildman–Crippen LogP) is 0.836. The van der Waals surface area contributed by atoms with E-state index in [4.69, 9.17) is 5.73 Å². The van der Waals surface area contributed by atoms with Crippen molar-refractivity contribution in [2.45, 2.75) is 45.4 Å². The molecule has 1 fully saturated rings. The molecular formula is C13H22FN5O. The van der Waals surface area contributed by atoms with Crippen molar-refractivity contribution >= 4 is 5.91 Å². The molecule has 20 heavy (non-hydrogen) atoms. The van der Waals surface area contributed by atoms with Crippen molar-refractivity contribution in [3.05, 3.63) is 11.9 Å². The highest BCUT2D eigenvalue weighted by molar-refractivity contribution is 5.90. The Morgan fingerprint density at radius 2 is 2.35 bits per heavy atom. The van der Waals surface area contributed by atoms with E-state index in [-0.39, 0.29) is 11.7 Å². The van der Waals surface area contributed by atoms with E-state index in [1.54, 1.807) is 4.68 Å². The maximum atomic E-state index is 13.6. The van der Waals surface area contributed by atoms with Gasteiger partial charge in [-0.25, -0.2) is 4.39 Å². The van der Waals surface area contributed by atoms with Crippen molar-refractivity contribution in [2.75, 3.05) is 13.1 Å². The number of carbonyl (C=O) groups excluding carboxylic acids is 1. The number of primary amides is 1. The number of aromatic nitrogens is 3. The third-order valence-electron chi connectivity index (χ3n) is 3.66. The summed E-state index contributed by atoms with van der Waals surface area (Å²) >= 11 is 0. The molecule has 2 N–H and O–H groups in total. The van der Waals surface area contributed by atoms with Gasteiger partial charge in [-0.2, -0.15) is 0 Å². The van der Waals surface area contributed by atoms with Crippen LogP contribution >= 0.6 is 0 Å². The number of nitrogens with zero attached hydrogens (tertiary/aromatic N) is 4. The van der Waals surface area contributed by atoms with Gasteiger partial charge in [-0.05, 0) is 25.3 Å². The Morgan fingerprint density at radius 1 is 1.60 bits per heavy atom. The Hall–Kier alpha value is -1.50. The lowest BCUT2D eigenvalue weighted by molar-refractivity contribution is 0.0995. The van der Waals surface area contributed by atoms with E-state index in [2.05, 4.69) is 29.1 Å². The molecule has 0 saturated carbocycles. The Labute approximate surface area is 118 Å². The smallest absolute Gasteiger partial charge is 0.270 e. The molecule has 7 heteroatoms. The van der Waals surface area contributed by atoms with E-state index in [0.717, 1.165) is 13.0 Å². The fourth-order valence-corrected chi connectivity index (χ4v) is 2.53. The average molecular weight is 283 g/mol. The van der Waals surface area contributed by atoms with E-state index >= 15 is 0 Å². The van der Waals surface area contributed by atoms with Gasteiger partial charge in [0.05, 0.1) is 12.7 Å². The van der Waals surface area contributed by atoms with Crippen molar-refractivity contribution < 1.29 is 9.18 Å². The summed E-state index contributed by atoms with van der Waals surface area (Å²) < 4.78 is 15.2. The number of rotatable bonds is 6. The molecule has 1 aliphatic heterocycles. The van der Waals surface area contributed by atoms with Crippen LogP contribution in [-0.4, -0.2) is 51.1 Å². The first-order chi connectivity index (χ1) is 9.45. The third kappa shape index (κ3) is 3.75. The molecule has 0 radical (unpaired) electrons. The van der Waals surface area contributed by atoms with Crippen molar-refractivity contribution in [3.8, 4) is 0 Å². The maximum Gasteiger partial charge on any atom is 0.270 e. The van der Waals surface area contributed by atoms with E-state index in [1.165, 1.54) is 6.20 Å². The number of nitrogens with two attached hydrogens (primary N) is 1. The third-order valence-corrected chi connectivity index (χ3v) is 3.66. The molecule has 2 rings (SSSR count). The van der Waals surface area contributed by atoms with Gasteiger partial charge in [0, 0.05) is 12.6 Å². The molecule has 0 aliphatic carbocycles. The minimum Gasteiger partial charge on any atom is -0.364 e. The molecular weight excluding hydrogens is 261 g/mol. The lowest BCUT2D eigenvalue weighted by Gasteiger charge is -2.24. The number of likely N-dealkylation sites (tertiary alicyclic amines) is 1. The minimum atomic E-state index is -0.786. The summed E-state index contributed by atoms with van der Waals surface area (Å²) in [6, 6.07) is 0.103. The normalized spacial score (nSPS) is 23.6. The molecule has 1 saturated heterocycles. The van der Waals surface area contributed by atoms with Gasteiger partial charge in [0.25, 0.3) is 5.91 Å². The summed E-state index contributed by atoms with van der Waals surface area (Å²) in [4.78, 5) is 13.1. The summed E-state index contributed by atoms with van der Waals surface area (Å²) in [6.45, 7) is 6.23. The quantitative estimate of drug-likeness (QED) is 0.839. The van der Waals surface area contributed by atoms with Gasteiger partial charge in [-0.1, -0.05) is 19.1 Å². The van der Waals surface area contributed by atoms with E-state index < -0.39 is 12.1 Å². The van der Waals surface area contributed by atoms with Gasteiger partial charge in [0.2, 0.25) is 0 Å². The molecule has 1 aliphatic rings. The number of alkyl halides is 1. The molecule has 1 aromatic rings. The summed E-state index contributed by atoms with van der Waals surface area (Å²) in [6.07, 6.45) is 2.29. The highest BCUT2D eigenvalue weighted by Gasteiger charge is 2.32. The van der Waals surface area contributed by atoms with Gasteiger partial charge < -0.3 is 5.73 Å². The second kappa shape index (κ2) is 6.30. The Morgan fingerprint density at radius 3 is 2.95 bits per heavy atom. The predicted molar refractivity (Wildman–Crippen MR) is 72.9 cm³/mol. The number of amides is 1. The molecule has 0 aromatic carbocycles. The first-order valence-electron chi connectivity index (χ1n) is 7.03. The zero-order valence-corrected chi connectivity index (χ0v) is 12.0. The lowest BCUT2D eigenvalue weighted by Crippen LogP contribution is -2.34. The Bertz CT molecular complexity index is 461. The van der Waals surface area contributed by atoms with E-state index in [1.807, 2.05) is 0 Å². The molecule has 6 nitrogen and oxygen atoms in total. The Kier molecular flexibility index (Phi) is 4.69. The number of hydrogen-bond donors (Lipinski definition) is 1. The van der Waals surface area contributed by atoms with Crippen molar-refractivity contribution in [3.63, 3.8) is 0 Å². The molecule has 1 aromatic heterocycles. The average Bonchev–Trinajstić information content (AvgIpc) is 2.94. The molecule has 0 bridgehead atoms. The monoisotopic (exact) mass is 283 g/mol. The van der Waals surface area contributed by atoms with Crippen LogP contribution in [-0.2, 0) is 6.54 Å². The number of halogens is 1. The van der Waals surface area contributed by atoms with Crippen LogP contribution in [0.1, 0.15) is 37.2 Å². The second-order valence-corrected chi connectivity index (χ2v) is 5.85. The van der Waals surface area contributed by atoms with Crippen LogP contribution in [0.5, 0.6) is 0 Å². The summed E-state index contributed by atoms with van der Waals surface area (Å²) in [5.74, 6) is 0.00449. The fraction of sp³-hybridized carbons (Fsp3) is 0.769. The first kappa shape index (κ1) is 14.9. The number of hydrogen-bond acceptors (Lipinski definition) is 4. The highest BCUT2D eigenvalue weighted by Crippen LogP contribution is 2.22. The molecule has 1 amide bonds. The summed E-state index contributed by atoms with van der Waals surface area (Å²) in [7, 11) is 0. The van der Waals surface area contributed by atoms with E-state index in [9.17, 15) is 9.18 Å². The van der Waals surface area contributed by atoms with Gasteiger partial charge in [-0.3, -0.25) is 14.4 Å². The molecule has 2 heterocycles. The van der Waals surface area contributed by atoms with Gasteiger partial charge in [-0.15, -0.1) is 5.10 Å². The fourth-order valence-electron chi connectivity index (χ4n) is 2.53. The Balaban J connectivity index is 1.96. The van der Waals surface area contributed by atoms with Crippen molar-refractivity contribution in [2.24, 2.45) is 11.7 Å². The summed E-state index contributed by atoms with van der Waals surface area (Å²) in [5, 5.41) is 7.57. The zero-order chi connectivity index (χ0) is 14.7. The highest BCUT2D eigenvalue weighted by atomic mass is 19.1. The molecule has 112 valence electrons. The van der Waals surface area contributed by atoms with Crippen LogP contribution in [0, 0.1) is 5.92 Å².